The third kappa shape index (κ3) is 113. The third-order valence-electron chi connectivity index (χ3n) is 0.495. The van der Waals surface area contributed by atoms with Gasteiger partial charge in [0.25, 0.3) is 0 Å². The van der Waals surface area contributed by atoms with Crippen LogP contribution in [0.25, 0.3) is 0 Å². The summed E-state index contributed by atoms with van der Waals surface area (Å²) in [4.78, 5) is 0. The Bertz CT molecular complexity index is 90.6. The van der Waals surface area contributed by atoms with E-state index < -0.39 is 0 Å². The molecule has 0 radical (unpaired) electrons. The van der Waals surface area contributed by atoms with Gasteiger partial charge in [0.1, 0.15) is 0 Å². The predicted molar refractivity (Wildman–Crippen MR) is 56.8 cm³/mol. The van der Waals surface area contributed by atoms with Crippen LogP contribution in [0.2, 0.25) is 0 Å². The van der Waals surface area contributed by atoms with Crippen molar-refractivity contribution in [2.24, 2.45) is 0 Å². The van der Waals surface area contributed by atoms with Gasteiger partial charge in [-0.15, -0.1) is 0 Å². The molecule has 0 saturated heterocycles. The third-order valence-corrected chi connectivity index (χ3v) is 0.495. The van der Waals surface area contributed by atoms with Crippen LogP contribution < -0.4 is 0 Å². The molecule has 0 aliphatic rings. The number of hydrogen-bond donors (Lipinski definition) is 0. The van der Waals surface area contributed by atoms with Crippen molar-refractivity contribution < 1.29 is 0 Å². The zero-order chi connectivity index (χ0) is 9.54. The highest BCUT2D eigenvalue weighted by Gasteiger charge is 1.42. The van der Waals surface area contributed by atoms with E-state index in [1.54, 1.807) is 18.2 Å². The maximum Gasteiger partial charge on any atom is -0.0467 e. The molecule has 0 atom stereocenters. The largest absolute Gasteiger partial charge is 0.0991 e. The van der Waals surface area contributed by atoms with E-state index in [2.05, 4.69) is 19.7 Å². The molecule has 0 amide bonds. The second kappa shape index (κ2) is 36.2. The lowest BCUT2D eigenvalue weighted by molar-refractivity contribution is 1.50. The zero-order valence-electron chi connectivity index (χ0n) is 8.01. The lowest BCUT2D eigenvalue weighted by Crippen LogP contribution is -1.33. The molecule has 0 spiro atoms. The van der Waals surface area contributed by atoms with Crippen LogP contribution in [0, 0.1) is 0 Å². The molecule has 0 aliphatic carbocycles. The average Bonchev–Trinajstić information content (AvgIpc) is 2.10. The fourth-order valence-corrected chi connectivity index (χ4v) is 0.136. The zero-order valence-corrected chi connectivity index (χ0v) is 8.01. The standard InChI is InChI=1S/C5H8.C4H6.C2H6/c1-3-5-4-2;1-3-4-2;1-2/h3-5H,1H2,2H3;3-4H,1-2H2;1-2H3/b5-4-;;. The van der Waals surface area contributed by atoms with Gasteiger partial charge in [-0.3, -0.25) is 0 Å². The van der Waals surface area contributed by atoms with Crippen LogP contribution in [0.3, 0.4) is 0 Å². The Kier molecular flexibility index (Phi) is 54.3. The molecule has 0 aromatic carbocycles. The smallest absolute Gasteiger partial charge is 0.0467 e. The van der Waals surface area contributed by atoms with E-state index in [0.717, 1.165) is 0 Å². The summed E-state index contributed by atoms with van der Waals surface area (Å²) in [5.74, 6) is 0. The molecule has 0 nitrogen and oxygen atoms in total. The molecule has 0 heteroatoms. The van der Waals surface area contributed by atoms with Gasteiger partial charge in [0, 0.05) is 0 Å². The van der Waals surface area contributed by atoms with Gasteiger partial charge >= 0.3 is 0 Å². The summed E-state index contributed by atoms with van der Waals surface area (Å²) in [6.45, 7) is 16.1. The van der Waals surface area contributed by atoms with Crippen LogP contribution in [0.1, 0.15) is 20.8 Å². The van der Waals surface area contributed by atoms with Crippen molar-refractivity contribution in [1.29, 1.82) is 0 Å². The van der Waals surface area contributed by atoms with Crippen LogP contribution in [0.5, 0.6) is 0 Å². The molecule has 0 saturated carbocycles. The highest BCUT2D eigenvalue weighted by atomic mass is 13.5. The van der Waals surface area contributed by atoms with Gasteiger partial charge in [0.2, 0.25) is 0 Å². The van der Waals surface area contributed by atoms with E-state index in [4.69, 9.17) is 0 Å². The molecule has 0 fully saturated rings. The van der Waals surface area contributed by atoms with E-state index >= 15 is 0 Å². The SMILES string of the molecule is C=C/C=C\C.C=CC=C.CC. The van der Waals surface area contributed by atoms with Gasteiger partial charge < -0.3 is 0 Å². The van der Waals surface area contributed by atoms with Gasteiger partial charge in [-0.1, -0.05) is 64.0 Å². The van der Waals surface area contributed by atoms with Crippen LogP contribution in [-0.2, 0) is 0 Å². The maximum atomic E-state index is 3.46. The van der Waals surface area contributed by atoms with Crippen molar-refractivity contribution in [3.8, 4) is 0 Å². The van der Waals surface area contributed by atoms with Gasteiger partial charge in [0.15, 0.2) is 0 Å². The predicted octanol–water partition coefficient (Wildman–Crippen LogP) is 4.13. The summed E-state index contributed by atoms with van der Waals surface area (Å²) >= 11 is 0. The Morgan fingerprint density at radius 3 is 1.18 bits per heavy atom. The monoisotopic (exact) mass is 152 g/mol. The van der Waals surface area contributed by atoms with Crippen molar-refractivity contribution >= 4 is 0 Å². The number of allylic oxidation sites excluding steroid dienone is 5. The molecule has 0 aliphatic heterocycles. The van der Waals surface area contributed by atoms with Crippen LogP contribution >= 0.6 is 0 Å². The maximum absolute atomic E-state index is 3.46. The van der Waals surface area contributed by atoms with E-state index in [-0.39, 0.29) is 0 Å². The summed E-state index contributed by atoms with van der Waals surface area (Å²) < 4.78 is 0. The molecule has 0 aromatic rings. The molecule has 0 N–H and O–H groups in total. The minimum atomic E-state index is 1.64. The highest BCUT2D eigenvalue weighted by molar-refractivity contribution is 4.94. The molecule has 11 heavy (non-hydrogen) atoms. The minimum absolute atomic E-state index is 1.64. The minimum Gasteiger partial charge on any atom is -0.0991 e. The average molecular weight is 152 g/mol. The number of rotatable bonds is 2. The summed E-state index contributed by atoms with van der Waals surface area (Å²) in [5, 5.41) is 0. The first-order valence-electron chi connectivity index (χ1n) is 3.80. The fraction of sp³-hybridized carbons (Fsp3) is 0.273. The molecule has 64 valence electrons. The van der Waals surface area contributed by atoms with Crippen molar-refractivity contribution in [3.05, 3.63) is 50.1 Å². The molecule has 0 bridgehead atoms. The Morgan fingerprint density at radius 2 is 1.18 bits per heavy atom. The quantitative estimate of drug-likeness (QED) is 0.522. The summed E-state index contributed by atoms with van der Waals surface area (Å²) in [6, 6.07) is 0. The highest BCUT2D eigenvalue weighted by Crippen LogP contribution is 1.64. The second-order valence-corrected chi connectivity index (χ2v) is 1.23. The van der Waals surface area contributed by atoms with Crippen LogP contribution in [0.15, 0.2) is 50.1 Å². The van der Waals surface area contributed by atoms with Gasteiger partial charge in [-0.25, -0.2) is 0 Å². The molecule has 0 unspecified atom stereocenters. The number of hydrogen-bond acceptors (Lipinski definition) is 0. The Balaban J connectivity index is -0.0000000965. The molecule has 0 heterocycles. The lowest BCUT2D eigenvalue weighted by Gasteiger charge is -1.56. The van der Waals surface area contributed by atoms with E-state index in [9.17, 15) is 0 Å². The topological polar surface area (TPSA) is 0 Å². The molecular weight excluding hydrogens is 132 g/mol. The van der Waals surface area contributed by atoms with Crippen LogP contribution in [0.4, 0.5) is 0 Å². The van der Waals surface area contributed by atoms with Gasteiger partial charge in [0.05, 0.1) is 0 Å². The van der Waals surface area contributed by atoms with Crippen molar-refractivity contribution in [2.75, 3.05) is 0 Å². The van der Waals surface area contributed by atoms with Crippen LogP contribution in [-0.4, -0.2) is 0 Å². The fourth-order valence-electron chi connectivity index (χ4n) is 0.136. The first-order chi connectivity index (χ1) is 5.33. The van der Waals surface area contributed by atoms with Gasteiger partial charge in [-0.05, 0) is 6.92 Å². The second-order valence-electron chi connectivity index (χ2n) is 1.23. The van der Waals surface area contributed by atoms with Crippen molar-refractivity contribution in [1.82, 2.24) is 0 Å². The van der Waals surface area contributed by atoms with E-state index in [1.807, 2.05) is 32.9 Å². The van der Waals surface area contributed by atoms with Crippen molar-refractivity contribution in [2.45, 2.75) is 20.8 Å². The van der Waals surface area contributed by atoms with E-state index in [1.165, 1.54) is 0 Å². The summed E-state index contributed by atoms with van der Waals surface area (Å²) in [5.41, 5.74) is 0. The lowest BCUT2D eigenvalue weighted by atomic mass is 10.5. The molecule has 0 rings (SSSR count). The summed E-state index contributed by atoms with van der Waals surface area (Å²) in [7, 11) is 0. The summed E-state index contributed by atoms with van der Waals surface area (Å²) in [6.07, 6.45) is 8.85. The molecule has 0 aromatic heterocycles. The Labute approximate surface area is 71.6 Å². The molecular formula is C11H20. The Morgan fingerprint density at radius 1 is 0.818 bits per heavy atom. The first kappa shape index (κ1) is 16.5. The van der Waals surface area contributed by atoms with Crippen molar-refractivity contribution in [3.63, 3.8) is 0 Å². The van der Waals surface area contributed by atoms with E-state index in [0.29, 0.717) is 0 Å². The van der Waals surface area contributed by atoms with Gasteiger partial charge in [-0.2, -0.15) is 0 Å². The Hall–Kier alpha value is -1.04. The normalized spacial score (nSPS) is 6.45. The first-order valence-corrected chi connectivity index (χ1v) is 3.80.